The fourth-order valence-corrected chi connectivity index (χ4v) is 4.24. The van der Waals surface area contributed by atoms with Gasteiger partial charge >= 0.3 is 0 Å². The summed E-state index contributed by atoms with van der Waals surface area (Å²) in [6.07, 6.45) is 0.975. The van der Waals surface area contributed by atoms with E-state index >= 15 is 0 Å². The quantitative estimate of drug-likeness (QED) is 0.659. The Kier molecular flexibility index (Phi) is 5.29. The Morgan fingerprint density at radius 2 is 1.85 bits per heavy atom. The van der Waals surface area contributed by atoms with Crippen molar-refractivity contribution in [1.82, 2.24) is 9.62 Å². The van der Waals surface area contributed by atoms with Gasteiger partial charge in [0.1, 0.15) is 0 Å². The molecule has 6 nitrogen and oxygen atoms in total. The lowest BCUT2D eigenvalue weighted by molar-refractivity contribution is 0.519. The predicted octanol–water partition coefficient (Wildman–Crippen LogP) is 2.07. The number of sulfonamides is 1. The highest BCUT2D eigenvalue weighted by molar-refractivity contribution is 7.89. The van der Waals surface area contributed by atoms with Crippen LogP contribution in [0.4, 0.5) is 5.69 Å². The lowest BCUT2D eigenvalue weighted by Crippen LogP contribution is -2.40. The first-order valence-corrected chi connectivity index (χ1v) is 9.95. The zero-order valence-corrected chi connectivity index (χ0v) is 16.1. The highest BCUT2D eigenvalue weighted by Crippen LogP contribution is 2.27. The van der Waals surface area contributed by atoms with Crippen molar-refractivity contribution in [3.05, 3.63) is 59.7 Å². The van der Waals surface area contributed by atoms with E-state index in [-0.39, 0.29) is 0 Å². The minimum Gasteiger partial charge on any atom is -0.352 e. The Morgan fingerprint density at radius 3 is 2.58 bits per heavy atom. The molecule has 0 saturated heterocycles. The van der Waals surface area contributed by atoms with Gasteiger partial charge in [0, 0.05) is 39.9 Å². The fourth-order valence-electron chi connectivity index (χ4n) is 3.13. The molecule has 7 heteroatoms. The third kappa shape index (κ3) is 3.45. The minimum atomic E-state index is -3.49. The van der Waals surface area contributed by atoms with Crippen LogP contribution in [0, 0.1) is 0 Å². The number of benzene rings is 2. The van der Waals surface area contributed by atoms with Crippen molar-refractivity contribution in [3.8, 4) is 0 Å². The predicted molar refractivity (Wildman–Crippen MR) is 105 cm³/mol. The van der Waals surface area contributed by atoms with Crippen molar-refractivity contribution >= 4 is 21.7 Å². The van der Waals surface area contributed by atoms with Gasteiger partial charge in [0.15, 0.2) is 5.96 Å². The summed E-state index contributed by atoms with van der Waals surface area (Å²) in [6, 6.07) is 15.3. The number of aliphatic imine (C=N–C) groups is 1. The molecule has 0 unspecified atom stereocenters. The van der Waals surface area contributed by atoms with Crippen LogP contribution < -0.4 is 10.2 Å². The molecule has 0 atom stereocenters. The van der Waals surface area contributed by atoms with E-state index in [1.807, 2.05) is 24.3 Å². The Hall–Kier alpha value is -2.38. The van der Waals surface area contributed by atoms with Crippen molar-refractivity contribution < 1.29 is 8.42 Å². The maximum atomic E-state index is 12.5. The molecule has 0 fully saturated rings. The Bertz CT molecular complexity index is 923. The molecule has 0 bridgehead atoms. The van der Waals surface area contributed by atoms with Crippen LogP contribution in [-0.4, -0.2) is 46.4 Å². The van der Waals surface area contributed by atoms with Gasteiger partial charge in [0.25, 0.3) is 0 Å². The van der Waals surface area contributed by atoms with Crippen molar-refractivity contribution in [1.29, 1.82) is 0 Å². The molecule has 138 valence electrons. The minimum absolute atomic E-state index is 0.315. The van der Waals surface area contributed by atoms with Crippen LogP contribution in [0.5, 0.6) is 0 Å². The van der Waals surface area contributed by atoms with E-state index in [0.29, 0.717) is 11.4 Å². The van der Waals surface area contributed by atoms with Crippen LogP contribution >= 0.6 is 0 Å². The summed E-state index contributed by atoms with van der Waals surface area (Å²) in [5, 5.41) is 3.31. The van der Waals surface area contributed by atoms with Gasteiger partial charge in [-0.05, 0) is 29.7 Å². The van der Waals surface area contributed by atoms with E-state index in [2.05, 4.69) is 27.3 Å². The molecule has 0 aromatic heterocycles. The van der Waals surface area contributed by atoms with Crippen molar-refractivity contribution in [3.63, 3.8) is 0 Å². The lowest BCUT2D eigenvalue weighted by Gasteiger charge is -2.23. The molecule has 1 heterocycles. The second-order valence-electron chi connectivity index (χ2n) is 6.33. The third-order valence-corrected chi connectivity index (χ3v) is 6.44. The molecular formula is C19H24N4O2S. The highest BCUT2D eigenvalue weighted by Gasteiger charge is 2.24. The summed E-state index contributed by atoms with van der Waals surface area (Å²) in [7, 11) is 1.33. The highest BCUT2D eigenvalue weighted by atomic mass is 32.2. The van der Waals surface area contributed by atoms with Crippen LogP contribution in [0.25, 0.3) is 0 Å². The standard InChI is InChI=1S/C19H24N4O2S/c1-20-19(23-13-12-15-8-4-6-10-17(15)23)21-14-16-9-5-7-11-18(16)26(24,25)22(2)3/h4-11H,12-14H2,1-3H3,(H,20,21). The van der Waals surface area contributed by atoms with E-state index in [1.165, 1.54) is 9.87 Å². The summed E-state index contributed by atoms with van der Waals surface area (Å²) in [4.78, 5) is 6.83. The first-order valence-electron chi connectivity index (χ1n) is 8.51. The van der Waals surface area contributed by atoms with Gasteiger partial charge < -0.3 is 10.2 Å². The molecule has 1 aliphatic rings. The zero-order chi connectivity index (χ0) is 18.7. The number of para-hydroxylation sites is 1. The third-order valence-electron chi connectivity index (χ3n) is 4.52. The number of hydrogen-bond donors (Lipinski definition) is 1. The average molecular weight is 372 g/mol. The fraction of sp³-hybridized carbons (Fsp3) is 0.316. The smallest absolute Gasteiger partial charge is 0.242 e. The summed E-state index contributed by atoms with van der Waals surface area (Å²) < 4.78 is 26.3. The molecule has 0 saturated carbocycles. The van der Waals surface area contributed by atoms with Gasteiger partial charge in [0.05, 0.1) is 4.90 Å². The molecular weight excluding hydrogens is 348 g/mol. The van der Waals surface area contributed by atoms with E-state index in [4.69, 9.17) is 0 Å². The van der Waals surface area contributed by atoms with Gasteiger partial charge in [-0.25, -0.2) is 12.7 Å². The second-order valence-corrected chi connectivity index (χ2v) is 8.45. The molecule has 2 aromatic carbocycles. The van der Waals surface area contributed by atoms with Crippen LogP contribution in [0.15, 0.2) is 58.4 Å². The SMILES string of the molecule is CN=C(NCc1ccccc1S(=O)(=O)N(C)C)N1CCc2ccccc21. The molecule has 3 rings (SSSR count). The number of hydrogen-bond acceptors (Lipinski definition) is 3. The first kappa shape index (κ1) is 18.4. The van der Waals surface area contributed by atoms with E-state index < -0.39 is 10.0 Å². The Balaban J connectivity index is 1.82. The van der Waals surface area contributed by atoms with Crippen molar-refractivity contribution in [2.45, 2.75) is 17.9 Å². The molecule has 1 aliphatic heterocycles. The molecule has 26 heavy (non-hydrogen) atoms. The van der Waals surface area contributed by atoms with Gasteiger partial charge in [-0.2, -0.15) is 0 Å². The molecule has 0 aliphatic carbocycles. The topological polar surface area (TPSA) is 65.0 Å². The number of rotatable bonds is 4. The van der Waals surface area contributed by atoms with Crippen molar-refractivity contribution in [2.75, 3.05) is 32.6 Å². The van der Waals surface area contributed by atoms with Crippen LogP contribution in [0.1, 0.15) is 11.1 Å². The summed E-state index contributed by atoms with van der Waals surface area (Å²) in [6.45, 7) is 1.24. The second kappa shape index (κ2) is 7.47. The number of fused-ring (bicyclic) bond motifs is 1. The lowest BCUT2D eigenvalue weighted by atomic mass is 10.2. The number of nitrogens with zero attached hydrogens (tertiary/aromatic N) is 3. The van der Waals surface area contributed by atoms with Gasteiger partial charge in [0.2, 0.25) is 10.0 Å². The van der Waals surface area contributed by atoms with Crippen molar-refractivity contribution in [2.24, 2.45) is 4.99 Å². The number of guanidine groups is 1. The van der Waals surface area contributed by atoms with E-state index in [1.54, 1.807) is 33.3 Å². The maximum absolute atomic E-state index is 12.5. The van der Waals surface area contributed by atoms with Gasteiger partial charge in [-0.3, -0.25) is 4.99 Å². The Morgan fingerprint density at radius 1 is 1.15 bits per heavy atom. The average Bonchev–Trinajstić information content (AvgIpc) is 3.06. The van der Waals surface area contributed by atoms with E-state index in [9.17, 15) is 8.42 Å². The number of anilines is 1. The zero-order valence-electron chi connectivity index (χ0n) is 15.3. The normalized spacial score (nSPS) is 14.6. The van der Waals surface area contributed by atoms with Gasteiger partial charge in [-0.15, -0.1) is 0 Å². The molecule has 0 radical (unpaired) electrons. The van der Waals surface area contributed by atoms with Crippen LogP contribution in [0.3, 0.4) is 0 Å². The molecule has 1 N–H and O–H groups in total. The van der Waals surface area contributed by atoms with Crippen LogP contribution in [-0.2, 0) is 23.0 Å². The van der Waals surface area contributed by atoms with Crippen LogP contribution in [0.2, 0.25) is 0 Å². The summed E-state index contributed by atoms with van der Waals surface area (Å²) >= 11 is 0. The van der Waals surface area contributed by atoms with E-state index in [0.717, 1.165) is 30.2 Å². The Labute approximate surface area is 155 Å². The first-order chi connectivity index (χ1) is 12.4. The summed E-state index contributed by atoms with van der Waals surface area (Å²) in [5.74, 6) is 0.743. The van der Waals surface area contributed by atoms with Gasteiger partial charge in [-0.1, -0.05) is 36.4 Å². The summed E-state index contributed by atoms with van der Waals surface area (Å²) in [5.41, 5.74) is 3.16. The molecule has 0 amide bonds. The monoisotopic (exact) mass is 372 g/mol. The molecule has 0 spiro atoms. The number of nitrogens with one attached hydrogen (secondary N) is 1. The largest absolute Gasteiger partial charge is 0.352 e. The molecule has 2 aromatic rings. The maximum Gasteiger partial charge on any atom is 0.242 e.